The van der Waals surface area contributed by atoms with Crippen LogP contribution in [0.2, 0.25) is 0 Å². The Labute approximate surface area is 246 Å². The highest BCUT2D eigenvalue weighted by molar-refractivity contribution is 8.36. The first-order chi connectivity index (χ1) is 20.7. The van der Waals surface area contributed by atoms with Gasteiger partial charge < -0.3 is 18.5 Å². The van der Waals surface area contributed by atoms with Crippen LogP contribution in [0.5, 0.6) is 23.0 Å². The first kappa shape index (κ1) is 26.6. The van der Waals surface area contributed by atoms with Crippen molar-refractivity contribution in [2.75, 3.05) is 21.3 Å². The summed E-state index contributed by atoms with van der Waals surface area (Å²) >= 11 is 0. The maximum absolute atomic E-state index is 7.24. The summed E-state index contributed by atoms with van der Waals surface area (Å²) in [7, 11) is 0.647. The van der Waals surface area contributed by atoms with Crippen LogP contribution in [0.15, 0.2) is 126 Å². The summed E-state index contributed by atoms with van der Waals surface area (Å²) in [6.45, 7) is 0. The van der Waals surface area contributed by atoms with Crippen molar-refractivity contribution in [1.29, 1.82) is 0 Å². The van der Waals surface area contributed by atoms with Crippen LogP contribution >= 0.6 is 14.8 Å². The van der Waals surface area contributed by atoms with Crippen LogP contribution in [-0.4, -0.2) is 21.3 Å². The molecular weight excluding hydrogens is 560 g/mol. The zero-order valence-corrected chi connectivity index (χ0v) is 25.3. The van der Waals surface area contributed by atoms with E-state index in [1.54, 1.807) is 21.3 Å². The Bertz CT molecular complexity index is 1880. The van der Waals surface area contributed by atoms with E-state index in [4.69, 9.17) is 23.3 Å². The van der Waals surface area contributed by atoms with Crippen LogP contribution < -0.4 is 29.1 Å². The average molecular weight is 590 g/mol. The maximum atomic E-state index is 7.24. The van der Waals surface area contributed by atoms with Gasteiger partial charge in [0.15, 0.2) is 0 Å². The molecule has 1 aliphatic heterocycles. The maximum Gasteiger partial charge on any atom is 0.343 e. The molecule has 0 fully saturated rings. The summed E-state index contributed by atoms with van der Waals surface area (Å²) in [6, 6.07) is 41.3. The van der Waals surface area contributed by atoms with Gasteiger partial charge in [-0.2, -0.15) is 0 Å². The topological polar surface area (TPSA) is 49.3 Å². The van der Waals surface area contributed by atoms with Crippen LogP contribution in [0.3, 0.4) is 0 Å². The minimum Gasteiger partial charge on any atom is -0.496 e. The van der Waals surface area contributed by atoms with Gasteiger partial charge in [0.2, 0.25) is 0 Å². The molecule has 0 atom stereocenters. The lowest BCUT2D eigenvalue weighted by Crippen LogP contribution is -2.19. The van der Waals surface area contributed by atoms with Gasteiger partial charge >= 0.3 is 7.20 Å². The molecule has 0 bridgehead atoms. The highest BCUT2D eigenvalue weighted by Gasteiger charge is 2.44. The van der Waals surface area contributed by atoms with E-state index in [1.807, 2.05) is 36.4 Å². The number of para-hydroxylation sites is 2. The van der Waals surface area contributed by atoms with E-state index in [1.165, 1.54) is 0 Å². The first-order valence-electron chi connectivity index (χ1n) is 13.7. The smallest absolute Gasteiger partial charge is 0.343 e. The SMILES string of the molecule is CN=P1(P(c2ccccc2OC)c2ccccc2OC)Oc2ccc3ccccc3c2-c2c(ccc3ccccc23)O1. The lowest BCUT2D eigenvalue weighted by Gasteiger charge is -2.33. The summed E-state index contributed by atoms with van der Waals surface area (Å²) in [5, 5.41) is 6.43. The van der Waals surface area contributed by atoms with Crippen LogP contribution in [0.25, 0.3) is 32.7 Å². The average Bonchev–Trinajstić information content (AvgIpc) is 3.20. The summed E-state index contributed by atoms with van der Waals surface area (Å²) in [6.07, 6.45) is 0. The monoisotopic (exact) mass is 589 g/mol. The van der Waals surface area contributed by atoms with Crippen LogP contribution in [-0.2, 0) is 0 Å². The molecule has 0 spiro atoms. The zero-order valence-electron chi connectivity index (χ0n) is 23.5. The lowest BCUT2D eigenvalue weighted by molar-refractivity contribution is 0.417. The molecule has 0 radical (unpaired) electrons. The van der Waals surface area contributed by atoms with E-state index in [0.717, 1.165) is 66.3 Å². The number of benzene rings is 6. The van der Waals surface area contributed by atoms with Crippen molar-refractivity contribution >= 4 is 47.0 Å². The second-order valence-electron chi connectivity index (χ2n) is 9.85. The first-order valence-corrected chi connectivity index (χ1v) is 17.3. The Morgan fingerprint density at radius 3 is 1.43 bits per heavy atom. The third kappa shape index (κ3) is 4.24. The fourth-order valence-corrected chi connectivity index (χ4v) is 13.3. The molecule has 0 aromatic heterocycles. The van der Waals surface area contributed by atoms with Gasteiger partial charge in [-0.15, -0.1) is 0 Å². The van der Waals surface area contributed by atoms with Crippen molar-refractivity contribution in [3.05, 3.63) is 121 Å². The molecule has 0 unspecified atom stereocenters. The minimum atomic E-state index is -3.14. The molecule has 7 rings (SSSR count). The van der Waals surface area contributed by atoms with Crippen LogP contribution in [0.1, 0.15) is 0 Å². The molecule has 1 aliphatic rings. The van der Waals surface area contributed by atoms with E-state index in [-0.39, 0.29) is 0 Å². The Kier molecular flexibility index (Phi) is 6.86. The molecule has 7 heteroatoms. The van der Waals surface area contributed by atoms with E-state index >= 15 is 0 Å². The fraction of sp³-hybridized carbons (Fsp3) is 0.0857. The molecule has 6 aromatic rings. The Morgan fingerprint density at radius 2 is 0.976 bits per heavy atom. The summed E-state index contributed by atoms with van der Waals surface area (Å²) in [4.78, 5) is 0. The number of methoxy groups -OCH3 is 2. The molecule has 6 aromatic carbocycles. The molecule has 0 saturated carbocycles. The number of fused-ring (bicyclic) bond motifs is 7. The molecule has 42 heavy (non-hydrogen) atoms. The van der Waals surface area contributed by atoms with Crippen molar-refractivity contribution in [3.8, 4) is 34.1 Å². The fourth-order valence-electron chi connectivity index (χ4n) is 5.71. The van der Waals surface area contributed by atoms with E-state index in [0.29, 0.717) is 0 Å². The van der Waals surface area contributed by atoms with Crippen molar-refractivity contribution in [1.82, 2.24) is 0 Å². The number of nitrogens with zero attached hydrogens (tertiary/aromatic N) is 1. The standard InChI is InChI=1S/C35H29NO4P2/c1-36-42(41(32-18-10-8-16-28(32)37-2)33-19-11-9-17-29(33)38-3)39-30-22-20-24-12-4-6-14-26(24)34(30)35-27-15-7-5-13-25(27)21-23-31(35)40-42/h4-23H,1-3H3. The van der Waals surface area contributed by atoms with E-state index in [2.05, 4.69) is 84.9 Å². The Hall–Kier alpha value is -4.30. The van der Waals surface area contributed by atoms with Gasteiger partial charge in [0, 0.05) is 28.8 Å². The third-order valence-electron chi connectivity index (χ3n) is 7.60. The molecule has 0 saturated heterocycles. The highest BCUT2D eigenvalue weighted by atomic mass is 32.1. The Balaban J connectivity index is 1.60. The quantitative estimate of drug-likeness (QED) is 0.188. The van der Waals surface area contributed by atoms with E-state index < -0.39 is 14.8 Å². The zero-order chi connectivity index (χ0) is 28.7. The van der Waals surface area contributed by atoms with Crippen LogP contribution in [0.4, 0.5) is 0 Å². The number of hydrogen-bond acceptors (Lipinski definition) is 5. The largest absolute Gasteiger partial charge is 0.496 e. The summed E-state index contributed by atoms with van der Waals surface area (Å²) < 4.78 is 31.4. The van der Waals surface area contributed by atoms with Gasteiger partial charge in [-0.25, -0.2) is 4.74 Å². The lowest BCUT2D eigenvalue weighted by atomic mass is 9.92. The molecule has 5 nitrogen and oxygen atoms in total. The number of ether oxygens (including phenoxy) is 2. The van der Waals surface area contributed by atoms with Gasteiger partial charge in [-0.3, -0.25) is 0 Å². The number of rotatable bonds is 5. The normalized spacial score (nSPS) is 13.4. The number of hydrogen-bond donors (Lipinski definition) is 0. The van der Waals surface area contributed by atoms with Gasteiger partial charge in [-0.1, -0.05) is 84.9 Å². The second kappa shape index (κ2) is 10.8. The Morgan fingerprint density at radius 1 is 0.548 bits per heavy atom. The van der Waals surface area contributed by atoms with Gasteiger partial charge in [0.25, 0.3) is 0 Å². The summed E-state index contributed by atoms with van der Waals surface area (Å²) in [5.41, 5.74) is 2.03. The van der Waals surface area contributed by atoms with Crippen molar-refractivity contribution < 1.29 is 18.5 Å². The van der Waals surface area contributed by atoms with Crippen LogP contribution in [0, 0.1) is 0 Å². The molecule has 1 heterocycles. The molecule has 0 amide bonds. The van der Waals surface area contributed by atoms with E-state index in [9.17, 15) is 0 Å². The summed E-state index contributed by atoms with van der Waals surface area (Å²) in [5.74, 6) is 3.01. The molecular formula is C35H29NO4P2. The van der Waals surface area contributed by atoms with Gasteiger partial charge in [0.05, 0.1) is 21.8 Å². The van der Waals surface area contributed by atoms with Gasteiger partial charge in [-0.05, 0) is 57.9 Å². The van der Waals surface area contributed by atoms with Crippen molar-refractivity contribution in [3.63, 3.8) is 0 Å². The van der Waals surface area contributed by atoms with Gasteiger partial charge in [0.1, 0.15) is 23.0 Å². The molecule has 0 N–H and O–H groups in total. The highest BCUT2D eigenvalue weighted by Crippen LogP contribution is 2.79. The molecule has 208 valence electrons. The van der Waals surface area contributed by atoms with Crippen molar-refractivity contribution in [2.45, 2.75) is 0 Å². The third-order valence-corrected chi connectivity index (χ3v) is 15.0. The predicted octanol–water partition coefficient (Wildman–Crippen LogP) is 9.16. The predicted molar refractivity (Wildman–Crippen MR) is 176 cm³/mol. The van der Waals surface area contributed by atoms with Crippen molar-refractivity contribution in [2.24, 2.45) is 4.74 Å². The minimum absolute atomic E-state index is 0.750. The molecule has 0 aliphatic carbocycles. The second-order valence-corrected chi connectivity index (χ2v) is 15.9.